The van der Waals surface area contributed by atoms with Crippen molar-refractivity contribution in [3.63, 3.8) is 0 Å². The molecule has 1 fully saturated rings. The molecule has 4 atom stereocenters. The molecule has 1 saturated carbocycles. The molecule has 1 heteroatoms. The molecule has 0 aliphatic heterocycles. The first-order chi connectivity index (χ1) is 14.7. The van der Waals surface area contributed by atoms with Gasteiger partial charge in [0.1, 0.15) is 6.61 Å². The largest absolute Gasteiger partial charge is 0.493 e. The van der Waals surface area contributed by atoms with E-state index in [0.717, 1.165) is 11.8 Å². The van der Waals surface area contributed by atoms with Gasteiger partial charge in [-0.2, -0.15) is 0 Å². The second-order valence-electron chi connectivity index (χ2n) is 9.82. The Morgan fingerprint density at radius 2 is 1.57 bits per heavy atom. The van der Waals surface area contributed by atoms with Gasteiger partial charge in [-0.1, -0.05) is 101 Å². The Hall–Kier alpha value is -2.02. The van der Waals surface area contributed by atoms with Gasteiger partial charge in [-0.3, -0.25) is 0 Å². The standard InChI is InChI=1S/C29H38O/c1-4-5-12-19-29-20-26(30-21-24-15-10-7-11-16-24)27(22(2)3)28(29)25(29)18-17-23-13-8-6-9-14-23/h6-11,13-16,20,22,25,27-28H,4-5,12,17-19,21H2,1-3H3/t25-,27+,28+,29+/m1/s1. The zero-order chi connectivity index (χ0) is 21.0. The Balaban J connectivity index is 1.49. The van der Waals surface area contributed by atoms with Crippen LogP contribution < -0.4 is 0 Å². The van der Waals surface area contributed by atoms with Crippen LogP contribution in [0.15, 0.2) is 72.5 Å². The maximum atomic E-state index is 6.47. The van der Waals surface area contributed by atoms with E-state index in [4.69, 9.17) is 4.74 Å². The van der Waals surface area contributed by atoms with Gasteiger partial charge >= 0.3 is 0 Å². The number of ether oxygens (including phenoxy) is 1. The van der Waals surface area contributed by atoms with Crippen LogP contribution >= 0.6 is 0 Å². The Kier molecular flexibility index (Phi) is 6.66. The maximum Gasteiger partial charge on any atom is 0.113 e. The minimum absolute atomic E-state index is 0.394. The van der Waals surface area contributed by atoms with Crippen LogP contribution in [0.1, 0.15) is 64.0 Å². The summed E-state index contributed by atoms with van der Waals surface area (Å²) in [6.07, 6.45) is 10.4. The summed E-state index contributed by atoms with van der Waals surface area (Å²) in [6.45, 7) is 7.78. The Morgan fingerprint density at radius 3 is 2.20 bits per heavy atom. The number of aryl methyl sites for hydroxylation is 1. The number of hydrogen-bond acceptors (Lipinski definition) is 1. The molecule has 0 heterocycles. The third-order valence-corrected chi connectivity index (χ3v) is 7.53. The lowest BCUT2D eigenvalue weighted by molar-refractivity contribution is 0.141. The third kappa shape index (κ3) is 4.36. The zero-order valence-corrected chi connectivity index (χ0v) is 19.0. The van der Waals surface area contributed by atoms with Crippen LogP contribution in [0.5, 0.6) is 0 Å². The predicted molar refractivity (Wildman–Crippen MR) is 126 cm³/mol. The third-order valence-electron chi connectivity index (χ3n) is 7.53. The van der Waals surface area contributed by atoms with Gasteiger partial charge in [0.25, 0.3) is 0 Å². The van der Waals surface area contributed by atoms with E-state index in [9.17, 15) is 0 Å². The van der Waals surface area contributed by atoms with Gasteiger partial charge in [0.2, 0.25) is 0 Å². The zero-order valence-electron chi connectivity index (χ0n) is 19.0. The van der Waals surface area contributed by atoms with E-state index in [1.54, 1.807) is 0 Å². The molecule has 0 radical (unpaired) electrons. The van der Waals surface area contributed by atoms with E-state index in [1.807, 2.05) is 0 Å². The van der Waals surface area contributed by atoms with Crippen LogP contribution in [0.2, 0.25) is 0 Å². The molecule has 30 heavy (non-hydrogen) atoms. The molecule has 0 amide bonds. The molecule has 2 aliphatic carbocycles. The summed E-state index contributed by atoms with van der Waals surface area (Å²) < 4.78 is 6.47. The minimum Gasteiger partial charge on any atom is -0.493 e. The molecule has 2 aromatic carbocycles. The highest BCUT2D eigenvalue weighted by Gasteiger charge is 2.69. The molecule has 2 aliphatic rings. The van der Waals surface area contributed by atoms with Crippen LogP contribution in [0.25, 0.3) is 0 Å². The lowest BCUT2D eigenvalue weighted by atomic mass is 9.88. The summed E-state index contributed by atoms with van der Waals surface area (Å²) in [5, 5.41) is 0. The van der Waals surface area contributed by atoms with Gasteiger partial charge in [-0.25, -0.2) is 0 Å². The number of rotatable bonds is 11. The van der Waals surface area contributed by atoms with Crippen molar-refractivity contribution < 1.29 is 4.74 Å². The van der Waals surface area contributed by atoms with Gasteiger partial charge < -0.3 is 4.74 Å². The molecule has 0 saturated heterocycles. The fourth-order valence-electron chi connectivity index (χ4n) is 6.04. The number of fused-ring (bicyclic) bond motifs is 1. The summed E-state index contributed by atoms with van der Waals surface area (Å²) in [5.74, 6) is 4.10. The van der Waals surface area contributed by atoms with Crippen LogP contribution in [0, 0.1) is 29.1 Å². The van der Waals surface area contributed by atoms with Gasteiger partial charge in [-0.15, -0.1) is 0 Å². The highest BCUT2D eigenvalue weighted by molar-refractivity contribution is 5.34. The van der Waals surface area contributed by atoms with Crippen molar-refractivity contribution in [2.45, 2.75) is 65.9 Å². The quantitative estimate of drug-likeness (QED) is 0.348. The Bertz CT molecular complexity index is 822. The lowest BCUT2D eigenvalue weighted by Gasteiger charge is -2.23. The first kappa shape index (κ1) is 21.2. The van der Waals surface area contributed by atoms with Crippen LogP contribution in [-0.4, -0.2) is 0 Å². The van der Waals surface area contributed by atoms with E-state index in [-0.39, 0.29) is 0 Å². The number of benzene rings is 2. The maximum absolute atomic E-state index is 6.47. The number of allylic oxidation sites excluding steroid dienone is 2. The summed E-state index contributed by atoms with van der Waals surface area (Å²) in [5.41, 5.74) is 3.14. The number of unbranched alkanes of at least 4 members (excludes halogenated alkanes) is 2. The van der Waals surface area contributed by atoms with Crippen LogP contribution in [0.3, 0.4) is 0 Å². The van der Waals surface area contributed by atoms with E-state index >= 15 is 0 Å². The highest BCUT2D eigenvalue weighted by atomic mass is 16.5. The van der Waals surface area contributed by atoms with E-state index in [0.29, 0.717) is 23.9 Å². The first-order valence-electron chi connectivity index (χ1n) is 12.1. The van der Waals surface area contributed by atoms with E-state index in [1.165, 1.54) is 55.4 Å². The Morgan fingerprint density at radius 1 is 0.900 bits per heavy atom. The van der Waals surface area contributed by atoms with Crippen molar-refractivity contribution in [2.75, 3.05) is 0 Å². The SMILES string of the molecule is CCCCC[C@@]12C=C(OCc3ccccc3)[C@H](C(C)C)[C@@H]1[C@H]2CCc1ccccc1. The molecule has 0 aromatic heterocycles. The molecule has 0 bridgehead atoms. The van der Waals surface area contributed by atoms with E-state index in [2.05, 4.69) is 87.5 Å². The predicted octanol–water partition coefficient (Wildman–Crippen LogP) is 7.82. The van der Waals surface area contributed by atoms with Crippen LogP contribution in [0.4, 0.5) is 0 Å². The normalized spacial score (nSPS) is 27.1. The van der Waals surface area contributed by atoms with Gasteiger partial charge in [0.15, 0.2) is 0 Å². The molecule has 0 spiro atoms. The number of hydrogen-bond donors (Lipinski definition) is 0. The minimum atomic E-state index is 0.394. The lowest BCUT2D eigenvalue weighted by Crippen LogP contribution is -2.16. The molecule has 4 rings (SSSR count). The van der Waals surface area contributed by atoms with Crippen LogP contribution in [-0.2, 0) is 17.8 Å². The molecular formula is C29H38O. The van der Waals surface area contributed by atoms with Gasteiger partial charge in [0.05, 0.1) is 5.76 Å². The van der Waals surface area contributed by atoms with Crippen molar-refractivity contribution in [1.82, 2.24) is 0 Å². The molecule has 2 aromatic rings. The second-order valence-corrected chi connectivity index (χ2v) is 9.82. The average molecular weight is 403 g/mol. The van der Waals surface area contributed by atoms with Crippen molar-refractivity contribution in [3.8, 4) is 0 Å². The van der Waals surface area contributed by atoms with Crippen molar-refractivity contribution in [3.05, 3.63) is 83.6 Å². The summed E-state index contributed by atoms with van der Waals surface area (Å²) in [7, 11) is 0. The Labute approximate surface area is 183 Å². The molecule has 0 unspecified atom stereocenters. The van der Waals surface area contributed by atoms with Gasteiger partial charge in [0, 0.05) is 5.92 Å². The summed E-state index contributed by atoms with van der Waals surface area (Å²) in [6, 6.07) is 21.6. The smallest absolute Gasteiger partial charge is 0.113 e. The van der Waals surface area contributed by atoms with Crippen molar-refractivity contribution >= 4 is 0 Å². The fraction of sp³-hybridized carbons (Fsp3) is 0.517. The first-order valence-corrected chi connectivity index (χ1v) is 12.1. The molecular weight excluding hydrogens is 364 g/mol. The summed E-state index contributed by atoms with van der Waals surface area (Å²) in [4.78, 5) is 0. The molecule has 160 valence electrons. The van der Waals surface area contributed by atoms with Crippen molar-refractivity contribution in [2.24, 2.45) is 29.1 Å². The highest BCUT2D eigenvalue weighted by Crippen LogP contribution is 2.73. The molecule has 1 nitrogen and oxygen atoms in total. The topological polar surface area (TPSA) is 9.23 Å². The van der Waals surface area contributed by atoms with Crippen molar-refractivity contribution in [1.29, 1.82) is 0 Å². The van der Waals surface area contributed by atoms with Gasteiger partial charge in [-0.05, 0) is 59.6 Å². The summed E-state index contributed by atoms with van der Waals surface area (Å²) >= 11 is 0. The fourth-order valence-corrected chi connectivity index (χ4v) is 6.04. The molecule has 0 N–H and O–H groups in total. The second kappa shape index (κ2) is 9.41. The average Bonchev–Trinajstić information content (AvgIpc) is 3.22. The van der Waals surface area contributed by atoms with E-state index < -0.39 is 0 Å². The monoisotopic (exact) mass is 402 g/mol.